The molecule has 1 atom stereocenters. The van der Waals surface area contributed by atoms with Gasteiger partial charge in [0.1, 0.15) is 0 Å². The van der Waals surface area contributed by atoms with E-state index in [2.05, 4.69) is 5.32 Å². The van der Waals surface area contributed by atoms with Crippen LogP contribution in [0.1, 0.15) is 19.4 Å². The average molecular weight is 225 g/mol. The summed E-state index contributed by atoms with van der Waals surface area (Å²) < 4.78 is 19.9. The Morgan fingerprint density at radius 3 is 2.67 bits per heavy atom. The lowest BCUT2D eigenvalue weighted by Crippen LogP contribution is -2.26. The van der Waals surface area contributed by atoms with Crippen molar-refractivity contribution in [3.63, 3.8) is 0 Å². The van der Waals surface area contributed by atoms with Crippen molar-refractivity contribution < 1.29 is 13.6 Å². The van der Waals surface area contributed by atoms with E-state index in [1.807, 2.05) is 0 Å². The van der Waals surface area contributed by atoms with Gasteiger partial charge in [0.05, 0.1) is 10.3 Å². The average Bonchev–Trinajstić information content (AvgIpc) is 2.38. The number of amides is 1. The molecule has 1 aromatic carbocycles. The lowest BCUT2D eigenvalue weighted by Gasteiger charge is -2.15. The van der Waals surface area contributed by atoms with Crippen LogP contribution in [0.2, 0.25) is 0 Å². The van der Waals surface area contributed by atoms with E-state index >= 15 is 0 Å². The van der Waals surface area contributed by atoms with Crippen molar-refractivity contribution in [3.05, 3.63) is 23.8 Å². The first kappa shape index (κ1) is 10.3. The second kappa shape index (κ2) is 3.15. The van der Waals surface area contributed by atoms with Crippen LogP contribution in [0.3, 0.4) is 0 Å². The summed E-state index contributed by atoms with van der Waals surface area (Å²) in [6.45, 7) is 3.58. The Hall–Kier alpha value is -1.20. The summed E-state index contributed by atoms with van der Waals surface area (Å²) in [6.07, 6.45) is 0. The molecule has 0 fully saturated rings. The summed E-state index contributed by atoms with van der Waals surface area (Å²) >= 11 is -2.00. The number of hydrogen-bond acceptors (Lipinski definition) is 2. The zero-order chi connectivity index (χ0) is 11.2. The Balaban J connectivity index is 2.59. The molecule has 1 amide bonds. The van der Waals surface area contributed by atoms with E-state index in [0.717, 1.165) is 11.3 Å². The molecule has 2 rings (SSSR count). The molecule has 0 aliphatic carbocycles. The summed E-state index contributed by atoms with van der Waals surface area (Å²) in [5, 5.41) is 2.73. The summed E-state index contributed by atoms with van der Waals surface area (Å²) in [5.41, 5.74) is 0.858. The molecule has 1 unspecified atom stereocenters. The fraction of sp³-hybridized carbons (Fsp3) is 0.300. The highest BCUT2D eigenvalue weighted by atomic mass is 32.2. The number of nitrogens with one attached hydrogen (secondary N) is 1. The third kappa shape index (κ3) is 1.48. The highest BCUT2D eigenvalue weighted by Crippen LogP contribution is 2.37. The highest BCUT2D eigenvalue weighted by molar-refractivity contribution is 7.79. The maximum absolute atomic E-state index is 11.6. The molecule has 0 aromatic heterocycles. The second-order valence-electron chi connectivity index (χ2n) is 4.04. The van der Waals surface area contributed by atoms with Crippen LogP contribution in [0, 0.1) is 0 Å². The number of hydrogen-bond donors (Lipinski definition) is 2. The molecule has 1 aliphatic heterocycles. The molecule has 0 radical (unpaired) electrons. The minimum absolute atomic E-state index is 0.0848. The molecule has 1 aliphatic rings. The van der Waals surface area contributed by atoms with Gasteiger partial charge in [-0.1, -0.05) is 0 Å². The Labute approximate surface area is 90.0 Å². The summed E-state index contributed by atoms with van der Waals surface area (Å²) in [7, 11) is 0. The van der Waals surface area contributed by atoms with Gasteiger partial charge in [0, 0.05) is 5.69 Å². The molecule has 1 heterocycles. The maximum atomic E-state index is 11.6. The van der Waals surface area contributed by atoms with Crippen LogP contribution in [-0.4, -0.2) is 14.7 Å². The van der Waals surface area contributed by atoms with Gasteiger partial charge < -0.3 is 9.87 Å². The molecule has 15 heavy (non-hydrogen) atoms. The molecule has 0 spiro atoms. The maximum Gasteiger partial charge on any atom is 0.234 e. The van der Waals surface area contributed by atoms with Gasteiger partial charge in [-0.15, -0.1) is 0 Å². The lowest BCUT2D eigenvalue weighted by molar-refractivity contribution is -0.119. The van der Waals surface area contributed by atoms with Gasteiger partial charge >= 0.3 is 0 Å². The number of carbonyl (C=O) groups is 1. The lowest BCUT2D eigenvalue weighted by atomic mass is 9.86. The summed E-state index contributed by atoms with van der Waals surface area (Å²) in [4.78, 5) is 11.9. The molecule has 5 heteroatoms. The van der Waals surface area contributed by atoms with Crippen LogP contribution in [0.15, 0.2) is 23.1 Å². The molecule has 80 valence electrons. The van der Waals surface area contributed by atoms with Gasteiger partial charge in [-0.3, -0.25) is 4.79 Å². The molecule has 0 saturated heterocycles. The van der Waals surface area contributed by atoms with E-state index in [-0.39, 0.29) is 5.91 Å². The van der Waals surface area contributed by atoms with Crippen molar-refractivity contribution in [2.45, 2.75) is 24.2 Å². The zero-order valence-corrected chi connectivity index (χ0v) is 9.22. The molecule has 0 bridgehead atoms. The van der Waals surface area contributed by atoms with Gasteiger partial charge in [-0.2, -0.15) is 0 Å². The van der Waals surface area contributed by atoms with Gasteiger partial charge in [-0.05, 0) is 37.6 Å². The Morgan fingerprint density at radius 1 is 1.40 bits per heavy atom. The standard InChI is InChI=1S/C10H11NO3S/c1-10(2)7-5-6(15(13)14)3-4-8(7)11-9(10)12/h3-5H,1-2H3,(H,11,12)(H,13,14). The largest absolute Gasteiger partial charge is 0.325 e. The smallest absolute Gasteiger partial charge is 0.234 e. The number of rotatable bonds is 1. The first-order valence-corrected chi connectivity index (χ1v) is 5.60. The molecule has 0 saturated carbocycles. The van der Waals surface area contributed by atoms with Crippen LogP contribution >= 0.6 is 0 Å². The van der Waals surface area contributed by atoms with Gasteiger partial charge in [-0.25, -0.2) is 4.21 Å². The first-order chi connectivity index (χ1) is 6.93. The Kier molecular flexibility index (Phi) is 2.17. The summed E-state index contributed by atoms with van der Waals surface area (Å²) in [6, 6.07) is 4.80. The highest BCUT2D eigenvalue weighted by Gasteiger charge is 2.38. The first-order valence-electron chi connectivity index (χ1n) is 4.50. The zero-order valence-electron chi connectivity index (χ0n) is 8.40. The second-order valence-corrected chi connectivity index (χ2v) is 5.01. The number of carbonyl (C=O) groups excluding carboxylic acids is 1. The third-order valence-corrected chi connectivity index (χ3v) is 3.34. The summed E-state index contributed by atoms with van der Waals surface area (Å²) in [5.74, 6) is -0.0848. The van der Waals surface area contributed by atoms with E-state index in [4.69, 9.17) is 4.55 Å². The number of benzene rings is 1. The fourth-order valence-corrected chi connectivity index (χ4v) is 2.06. The molecular formula is C10H11NO3S. The van der Waals surface area contributed by atoms with E-state index in [1.165, 1.54) is 6.07 Å². The van der Waals surface area contributed by atoms with E-state index in [1.54, 1.807) is 26.0 Å². The fourth-order valence-electron chi connectivity index (χ4n) is 1.66. The van der Waals surface area contributed by atoms with Gasteiger partial charge in [0.2, 0.25) is 5.91 Å². The van der Waals surface area contributed by atoms with E-state index in [0.29, 0.717) is 4.90 Å². The predicted octanol–water partition coefficient (Wildman–Crippen LogP) is 1.50. The Bertz CT molecular complexity index is 468. The number of fused-ring (bicyclic) bond motifs is 1. The van der Waals surface area contributed by atoms with Gasteiger partial charge in [0.15, 0.2) is 11.1 Å². The van der Waals surface area contributed by atoms with Crippen LogP contribution < -0.4 is 5.32 Å². The molecule has 2 N–H and O–H groups in total. The van der Waals surface area contributed by atoms with Gasteiger partial charge in [0.25, 0.3) is 0 Å². The van der Waals surface area contributed by atoms with E-state index in [9.17, 15) is 9.00 Å². The van der Waals surface area contributed by atoms with Crippen LogP contribution in [0.5, 0.6) is 0 Å². The van der Waals surface area contributed by atoms with Crippen molar-refractivity contribution in [2.75, 3.05) is 5.32 Å². The topological polar surface area (TPSA) is 66.4 Å². The van der Waals surface area contributed by atoms with Crippen molar-refractivity contribution in [1.82, 2.24) is 0 Å². The van der Waals surface area contributed by atoms with Crippen molar-refractivity contribution >= 4 is 22.7 Å². The van der Waals surface area contributed by atoms with Crippen LogP contribution in [-0.2, 0) is 21.3 Å². The van der Waals surface area contributed by atoms with Crippen molar-refractivity contribution in [1.29, 1.82) is 0 Å². The van der Waals surface area contributed by atoms with Crippen LogP contribution in [0.4, 0.5) is 5.69 Å². The molecular weight excluding hydrogens is 214 g/mol. The monoisotopic (exact) mass is 225 g/mol. The minimum Gasteiger partial charge on any atom is -0.325 e. The number of anilines is 1. The third-order valence-electron chi connectivity index (χ3n) is 2.68. The Morgan fingerprint density at radius 2 is 2.07 bits per heavy atom. The normalized spacial score (nSPS) is 19.5. The van der Waals surface area contributed by atoms with Crippen LogP contribution in [0.25, 0.3) is 0 Å². The molecule has 4 nitrogen and oxygen atoms in total. The minimum atomic E-state index is -2.00. The van der Waals surface area contributed by atoms with E-state index < -0.39 is 16.5 Å². The van der Waals surface area contributed by atoms with Crippen molar-refractivity contribution in [2.24, 2.45) is 0 Å². The quantitative estimate of drug-likeness (QED) is 0.712. The predicted molar refractivity (Wildman–Crippen MR) is 57.1 cm³/mol. The van der Waals surface area contributed by atoms with Crippen molar-refractivity contribution in [3.8, 4) is 0 Å². The SMILES string of the molecule is CC1(C)C(=O)Nc2ccc(S(=O)O)cc21. The molecule has 1 aromatic rings.